The fourth-order valence-corrected chi connectivity index (χ4v) is 4.21. The lowest BCUT2D eigenvalue weighted by Crippen LogP contribution is -2.26. The molecule has 0 spiro atoms. The maximum absolute atomic E-state index is 14.5. The second-order valence-electron chi connectivity index (χ2n) is 6.18. The lowest BCUT2D eigenvalue weighted by Gasteiger charge is -2.29. The highest BCUT2D eigenvalue weighted by molar-refractivity contribution is 8.00. The van der Waals surface area contributed by atoms with Gasteiger partial charge in [0.15, 0.2) is 0 Å². The number of imidazole rings is 1. The predicted molar refractivity (Wildman–Crippen MR) is 89.8 cm³/mol. The number of nitrogens with one attached hydrogen (secondary N) is 1. The molecule has 1 heterocycles. The number of alkyl halides is 2. The number of hydrogen-bond acceptors (Lipinski definition) is 2. The maximum Gasteiger partial charge on any atom is 0.300 e. The second kappa shape index (κ2) is 7.47. The van der Waals surface area contributed by atoms with Crippen LogP contribution in [0.4, 0.5) is 8.78 Å². The molecule has 0 atom stereocenters. The monoisotopic (exact) mass is 336 g/mol. The van der Waals surface area contributed by atoms with Crippen LogP contribution in [-0.2, 0) is 12.8 Å². The Labute approximate surface area is 140 Å². The summed E-state index contributed by atoms with van der Waals surface area (Å²) in [6, 6.07) is 7.55. The first kappa shape index (κ1) is 16.5. The summed E-state index contributed by atoms with van der Waals surface area (Å²) in [6.07, 6.45) is 9.39. The zero-order valence-corrected chi connectivity index (χ0v) is 13.9. The van der Waals surface area contributed by atoms with Crippen LogP contribution < -0.4 is 0 Å². The predicted octanol–water partition coefficient (Wildman–Crippen LogP) is 5.46. The van der Waals surface area contributed by atoms with Gasteiger partial charge in [-0.05, 0) is 37.0 Å². The van der Waals surface area contributed by atoms with E-state index in [0.717, 1.165) is 55.3 Å². The second-order valence-corrected chi connectivity index (χ2v) is 7.40. The molecule has 3 rings (SSSR count). The zero-order chi connectivity index (χ0) is 16.1. The number of aromatic nitrogens is 2. The van der Waals surface area contributed by atoms with Crippen molar-refractivity contribution in [3.63, 3.8) is 0 Å². The minimum Gasteiger partial charge on any atom is -0.349 e. The van der Waals surface area contributed by atoms with Crippen molar-refractivity contribution in [1.82, 2.24) is 9.97 Å². The fourth-order valence-electron chi connectivity index (χ4n) is 3.14. The Morgan fingerprint density at radius 1 is 1.17 bits per heavy atom. The number of halogens is 2. The van der Waals surface area contributed by atoms with E-state index in [1.807, 2.05) is 18.2 Å². The van der Waals surface area contributed by atoms with E-state index in [1.165, 1.54) is 0 Å². The summed E-state index contributed by atoms with van der Waals surface area (Å²) in [6.45, 7) is 0. The van der Waals surface area contributed by atoms with Crippen LogP contribution in [0.5, 0.6) is 0 Å². The largest absolute Gasteiger partial charge is 0.349 e. The van der Waals surface area contributed by atoms with Crippen molar-refractivity contribution in [1.29, 1.82) is 0 Å². The van der Waals surface area contributed by atoms with Gasteiger partial charge in [-0.3, -0.25) is 0 Å². The minimum absolute atomic E-state index is 0.479. The molecule has 1 saturated carbocycles. The molecule has 0 unspecified atom stereocenters. The summed E-state index contributed by atoms with van der Waals surface area (Å²) < 4.78 is 29.0. The third-order valence-corrected chi connectivity index (χ3v) is 5.53. The van der Waals surface area contributed by atoms with Crippen molar-refractivity contribution in [2.45, 2.75) is 55.1 Å². The molecule has 5 heteroatoms. The van der Waals surface area contributed by atoms with Crippen molar-refractivity contribution < 1.29 is 8.78 Å². The highest BCUT2D eigenvalue weighted by atomic mass is 32.2. The number of rotatable bonds is 6. The van der Waals surface area contributed by atoms with Crippen molar-refractivity contribution in [2.24, 2.45) is 5.92 Å². The van der Waals surface area contributed by atoms with E-state index in [4.69, 9.17) is 0 Å². The summed E-state index contributed by atoms with van der Waals surface area (Å²) in [5.74, 6) is 0.448. The van der Waals surface area contributed by atoms with E-state index in [2.05, 4.69) is 9.97 Å². The van der Waals surface area contributed by atoms with Gasteiger partial charge in [-0.15, -0.1) is 0 Å². The number of nitrogens with zero attached hydrogens (tertiary/aromatic N) is 1. The van der Waals surface area contributed by atoms with Crippen molar-refractivity contribution >= 4 is 11.8 Å². The van der Waals surface area contributed by atoms with Crippen LogP contribution >= 0.6 is 11.8 Å². The standard InChI is InChI=1S/C18H22F2N2S/c19-18(20,15-6-2-1-3-7-15)23-16-8-4-5-14(13-16)9-10-17-21-11-12-22-17/h4-5,8,11-13,15H,1-3,6-7,9-10H2,(H,21,22). The van der Waals surface area contributed by atoms with Crippen LogP contribution in [0.1, 0.15) is 43.5 Å². The van der Waals surface area contributed by atoms with Crippen molar-refractivity contribution in [3.05, 3.63) is 48.0 Å². The van der Waals surface area contributed by atoms with E-state index >= 15 is 0 Å². The molecular weight excluding hydrogens is 314 g/mol. The van der Waals surface area contributed by atoms with Gasteiger partial charge in [-0.2, -0.15) is 8.78 Å². The molecule has 1 aliphatic carbocycles. The van der Waals surface area contributed by atoms with Gasteiger partial charge < -0.3 is 4.98 Å². The molecule has 0 bridgehead atoms. The highest BCUT2D eigenvalue weighted by Gasteiger charge is 2.40. The summed E-state index contributed by atoms with van der Waals surface area (Å²) in [5, 5.41) is -2.67. The molecule has 1 fully saturated rings. The van der Waals surface area contributed by atoms with E-state index in [9.17, 15) is 8.78 Å². The van der Waals surface area contributed by atoms with Gasteiger partial charge >= 0.3 is 5.25 Å². The summed E-state index contributed by atoms with van der Waals surface area (Å²) in [4.78, 5) is 7.92. The zero-order valence-electron chi connectivity index (χ0n) is 13.1. The number of aryl methyl sites for hydroxylation is 2. The van der Waals surface area contributed by atoms with Gasteiger partial charge in [0.05, 0.1) is 0 Å². The molecule has 1 aliphatic rings. The molecule has 0 saturated heterocycles. The Morgan fingerprint density at radius 3 is 2.74 bits per heavy atom. The Morgan fingerprint density at radius 2 is 2.00 bits per heavy atom. The summed E-state index contributed by atoms with van der Waals surface area (Å²) >= 11 is 0.733. The fraction of sp³-hybridized carbons (Fsp3) is 0.500. The van der Waals surface area contributed by atoms with Crippen molar-refractivity contribution in [2.75, 3.05) is 0 Å². The molecule has 0 radical (unpaired) electrons. The Bertz CT molecular complexity index is 607. The molecule has 1 aromatic heterocycles. The van der Waals surface area contributed by atoms with Gasteiger partial charge in [0.1, 0.15) is 5.82 Å². The van der Waals surface area contributed by atoms with Crippen LogP contribution in [0.3, 0.4) is 0 Å². The first-order chi connectivity index (χ1) is 11.1. The molecule has 0 amide bonds. The number of hydrogen-bond donors (Lipinski definition) is 1. The Hall–Kier alpha value is -1.36. The number of H-pyrrole nitrogens is 1. The van der Waals surface area contributed by atoms with Gasteiger partial charge in [-0.25, -0.2) is 4.98 Å². The van der Waals surface area contributed by atoms with Crippen molar-refractivity contribution in [3.8, 4) is 0 Å². The minimum atomic E-state index is -2.67. The number of benzene rings is 1. The van der Waals surface area contributed by atoms with Gasteiger partial charge in [0, 0.05) is 29.6 Å². The van der Waals surface area contributed by atoms with Crippen LogP contribution in [0.2, 0.25) is 0 Å². The third-order valence-electron chi connectivity index (χ3n) is 4.44. The lowest BCUT2D eigenvalue weighted by atomic mass is 9.89. The lowest BCUT2D eigenvalue weighted by molar-refractivity contribution is 0.0195. The quantitative estimate of drug-likeness (QED) is 0.710. The van der Waals surface area contributed by atoms with Crippen LogP contribution in [0, 0.1) is 5.92 Å². The number of thioether (sulfide) groups is 1. The normalized spacial score (nSPS) is 16.6. The smallest absolute Gasteiger partial charge is 0.300 e. The Balaban J connectivity index is 1.62. The Kier molecular flexibility index (Phi) is 5.36. The maximum atomic E-state index is 14.5. The molecule has 1 aromatic carbocycles. The topological polar surface area (TPSA) is 28.7 Å². The van der Waals surface area contributed by atoms with Crippen LogP contribution in [0.25, 0.3) is 0 Å². The highest BCUT2D eigenvalue weighted by Crippen LogP contribution is 2.47. The van der Waals surface area contributed by atoms with Crippen LogP contribution in [-0.4, -0.2) is 15.2 Å². The van der Waals surface area contributed by atoms with E-state index in [1.54, 1.807) is 18.5 Å². The SMILES string of the molecule is FC(F)(Sc1cccc(CCc2ncc[nH]2)c1)C1CCCCC1. The first-order valence-electron chi connectivity index (χ1n) is 8.27. The molecule has 2 aromatic rings. The third kappa shape index (κ3) is 4.56. The average Bonchev–Trinajstić information content (AvgIpc) is 3.07. The van der Waals surface area contributed by atoms with E-state index < -0.39 is 11.2 Å². The van der Waals surface area contributed by atoms with Gasteiger partial charge in [0.25, 0.3) is 0 Å². The van der Waals surface area contributed by atoms with Gasteiger partial charge in [0.2, 0.25) is 0 Å². The van der Waals surface area contributed by atoms with Gasteiger partial charge in [-0.1, -0.05) is 43.2 Å². The van der Waals surface area contributed by atoms with E-state index in [-0.39, 0.29) is 0 Å². The molecule has 1 N–H and O–H groups in total. The summed E-state index contributed by atoms with van der Waals surface area (Å²) in [7, 11) is 0. The average molecular weight is 336 g/mol. The van der Waals surface area contributed by atoms with Crippen LogP contribution in [0.15, 0.2) is 41.6 Å². The summed E-state index contributed by atoms with van der Waals surface area (Å²) in [5.41, 5.74) is 1.07. The molecule has 23 heavy (non-hydrogen) atoms. The molecule has 124 valence electrons. The first-order valence-corrected chi connectivity index (χ1v) is 9.09. The molecule has 2 nitrogen and oxygen atoms in total. The molecular formula is C18H22F2N2S. The molecule has 0 aliphatic heterocycles. The van der Waals surface area contributed by atoms with E-state index in [0.29, 0.717) is 17.7 Å². The number of aromatic amines is 1.